The third kappa shape index (κ3) is 3.36. The summed E-state index contributed by atoms with van der Waals surface area (Å²) in [6.45, 7) is 5.05. The van der Waals surface area contributed by atoms with E-state index in [9.17, 15) is 13.2 Å². The molecule has 1 rings (SSSR count). The Morgan fingerprint density at radius 1 is 1.14 bits per heavy atom. The van der Waals surface area contributed by atoms with Crippen LogP contribution in [-0.4, -0.2) is 51.2 Å². The molecule has 6 nitrogen and oxygen atoms in total. The second kappa shape index (κ2) is 6.03. The summed E-state index contributed by atoms with van der Waals surface area (Å²) < 4.78 is 26.4. The zero-order valence-electron chi connectivity index (χ0n) is 13.4. The number of likely N-dealkylation sites (N-methyl/N-ethyl adjacent to an activating group) is 2. The van der Waals surface area contributed by atoms with Gasteiger partial charge in [-0.1, -0.05) is 6.07 Å². The molecule has 0 aromatic heterocycles. The first-order valence-corrected chi connectivity index (χ1v) is 7.97. The SMILES string of the molecule is Cc1cc(C)c(S(=O)(=O)N(C)CC(=O)N(C)C)c(C)c1N. The molecule has 0 radical (unpaired) electrons. The molecule has 0 unspecified atom stereocenters. The monoisotopic (exact) mass is 313 g/mol. The molecule has 2 N–H and O–H groups in total. The molecule has 0 atom stereocenters. The fourth-order valence-electron chi connectivity index (χ4n) is 2.15. The first-order chi connectivity index (χ1) is 9.50. The van der Waals surface area contributed by atoms with Crippen LogP contribution in [0, 0.1) is 20.8 Å². The summed E-state index contributed by atoms with van der Waals surface area (Å²) in [7, 11) is 0.805. The number of carbonyl (C=O) groups excluding carboxylic acids is 1. The van der Waals surface area contributed by atoms with Gasteiger partial charge in [0, 0.05) is 26.8 Å². The van der Waals surface area contributed by atoms with Crippen molar-refractivity contribution in [2.75, 3.05) is 33.4 Å². The Bertz CT molecular complexity index is 667. The maximum Gasteiger partial charge on any atom is 0.243 e. The second-order valence-corrected chi connectivity index (χ2v) is 7.41. The fourth-order valence-corrected chi connectivity index (χ4v) is 3.71. The Kier molecular flexibility index (Phi) is 5.01. The average molecular weight is 313 g/mol. The second-order valence-electron chi connectivity index (χ2n) is 5.43. The quantitative estimate of drug-likeness (QED) is 0.837. The van der Waals surface area contributed by atoms with Gasteiger partial charge in [0.1, 0.15) is 0 Å². The number of sulfonamides is 1. The van der Waals surface area contributed by atoms with Crippen LogP contribution < -0.4 is 5.73 Å². The van der Waals surface area contributed by atoms with Crippen LogP contribution in [0.2, 0.25) is 0 Å². The van der Waals surface area contributed by atoms with Crippen LogP contribution in [0.25, 0.3) is 0 Å². The van der Waals surface area contributed by atoms with E-state index in [-0.39, 0.29) is 17.3 Å². The van der Waals surface area contributed by atoms with Gasteiger partial charge in [-0.3, -0.25) is 4.79 Å². The molecule has 0 spiro atoms. The van der Waals surface area contributed by atoms with Crippen LogP contribution in [-0.2, 0) is 14.8 Å². The smallest absolute Gasteiger partial charge is 0.243 e. The molecule has 0 saturated heterocycles. The van der Waals surface area contributed by atoms with Crippen molar-refractivity contribution in [2.24, 2.45) is 0 Å². The molecule has 7 heteroatoms. The Hall–Kier alpha value is -1.60. The molecular formula is C14H23N3O3S. The molecule has 0 fully saturated rings. The van der Waals surface area contributed by atoms with Crippen LogP contribution in [0.3, 0.4) is 0 Å². The number of benzene rings is 1. The van der Waals surface area contributed by atoms with Crippen LogP contribution in [0.15, 0.2) is 11.0 Å². The van der Waals surface area contributed by atoms with Gasteiger partial charge in [-0.05, 0) is 37.5 Å². The van der Waals surface area contributed by atoms with Gasteiger partial charge in [-0.25, -0.2) is 8.42 Å². The Balaban J connectivity index is 3.32. The van der Waals surface area contributed by atoms with Crippen LogP contribution in [0.5, 0.6) is 0 Å². The van der Waals surface area contributed by atoms with Gasteiger partial charge >= 0.3 is 0 Å². The topological polar surface area (TPSA) is 83.7 Å². The van der Waals surface area contributed by atoms with Crippen molar-refractivity contribution in [3.8, 4) is 0 Å². The molecule has 0 aliphatic rings. The van der Waals surface area contributed by atoms with Gasteiger partial charge < -0.3 is 10.6 Å². The summed E-state index contributed by atoms with van der Waals surface area (Å²) in [4.78, 5) is 13.3. The highest BCUT2D eigenvalue weighted by Crippen LogP contribution is 2.29. The number of aryl methyl sites for hydroxylation is 2. The molecule has 1 amide bonds. The third-order valence-corrected chi connectivity index (χ3v) is 5.58. The first kappa shape index (κ1) is 17.5. The van der Waals surface area contributed by atoms with E-state index < -0.39 is 10.0 Å². The van der Waals surface area contributed by atoms with Crippen molar-refractivity contribution in [3.63, 3.8) is 0 Å². The number of amides is 1. The normalized spacial score (nSPS) is 11.8. The predicted octanol–water partition coefficient (Wildman–Crippen LogP) is 0.903. The van der Waals surface area contributed by atoms with E-state index in [1.54, 1.807) is 34.0 Å². The minimum absolute atomic E-state index is 0.180. The maximum atomic E-state index is 12.7. The van der Waals surface area contributed by atoms with Gasteiger partial charge in [0.2, 0.25) is 15.9 Å². The number of anilines is 1. The number of hydrogen-bond donors (Lipinski definition) is 1. The summed E-state index contributed by atoms with van der Waals surface area (Å²) in [6, 6.07) is 1.75. The molecule has 0 heterocycles. The number of carbonyl (C=O) groups is 1. The number of hydrogen-bond acceptors (Lipinski definition) is 4. The number of rotatable bonds is 4. The molecule has 21 heavy (non-hydrogen) atoms. The van der Waals surface area contributed by atoms with E-state index in [0.717, 1.165) is 9.87 Å². The van der Waals surface area contributed by atoms with Crippen molar-refractivity contribution in [1.29, 1.82) is 0 Å². The van der Waals surface area contributed by atoms with Gasteiger partial charge in [-0.2, -0.15) is 4.31 Å². The maximum absolute atomic E-state index is 12.7. The van der Waals surface area contributed by atoms with Crippen LogP contribution in [0.4, 0.5) is 5.69 Å². The molecule has 0 bridgehead atoms. The molecular weight excluding hydrogens is 290 g/mol. The number of nitrogens with zero attached hydrogens (tertiary/aromatic N) is 2. The summed E-state index contributed by atoms with van der Waals surface area (Å²) in [5, 5.41) is 0. The first-order valence-electron chi connectivity index (χ1n) is 6.53. The van der Waals surface area contributed by atoms with Crippen molar-refractivity contribution in [2.45, 2.75) is 25.7 Å². The van der Waals surface area contributed by atoms with Crippen molar-refractivity contribution in [1.82, 2.24) is 9.21 Å². The lowest BCUT2D eigenvalue weighted by Gasteiger charge is -2.22. The highest BCUT2D eigenvalue weighted by Gasteiger charge is 2.28. The molecule has 1 aromatic carbocycles. The molecule has 118 valence electrons. The molecule has 0 aliphatic carbocycles. The molecule has 1 aromatic rings. The Labute approximate surface area is 126 Å². The van der Waals surface area contributed by atoms with E-state index in [1.807, 2.05) is 6.92 Å². The van der Waals surface area contributed by atoms with Crippen molar-refractivity contribution < 1.29 is 13.2 Å². The zero-order valence-corrected chi connectivity index (χ0v) is 14.2. The molecule has 0 aliphatic heterocycles. The standard InChI is InChI=1S/C14H23N3O3S/c1-9-7-10(2)14(11(3)13(9)15)21(19,20)17(6)8-12(18)16(4)5/h7H,8,15H2,1-6H3. The lowest BCUT2D eigenvalue weighted by Crippen LogP contribution is -2.38. The summed E-state index contributed by atoms with van der Waals surface area (Å²) in [5.74, 6) is -0.281. The highest BCUT2D eigenvalue weighted by atomic mass is 32.2. The predicted molar refractivity (Wildman–Crippen MR) is 83.6 cm³/mol. The number of nitrogens with two attached hydrogens (primary N) is 1. The third-order valence-electron chi connectivity index (χ3n) is 3.49. The highest BCUT2D eigenvalue weighted by molar-refractivity contribution is 7.89. The summed E-state index contributed by atoms with van der Waals surface area (Å²) >= 11 is 0. The van der Waals surface area contributed by atoms with Gasteiger partial charge in [-0.15, -0.1) is 0 Å². The average Bonchev–Trinajstić information content (AvgIpc) is 2.35. The molecule has 0 saturated carbocycles. The summed E-state index contributed by atoms with van der Waals surface area (Å²) in [6.07, 6.45) is 0. The fraction of sp³-hybridized carbons (Fsp3) is 0.500. The Morgan fingerprint density at radius 3 is 2.14 bits per heavy atom. The van der Waals surface area contributed by atoms with E-state index in [4.69, 9.17) is 5.73 Å². The van der Waals surface area contributed by atoms with E-state index in [0.29, 0.717) is 16.8 Å². The van der Waals surface area contributed by atoms with E-state index in [2.05, 4.69) is 0 Å². The number of nitrogen functional groups attached to an aromatic ring is 1. The zero-order chi connectivity index (χ0) is 16.5. The van der Waals surface area contributed by atoms with Crippen LogP contribution >= 0.6 is 0 Å². The van der Waals surface area contributed by atoms with E-state index >= 15 is 0 Å². The van der Waals surface area contributed by atoms with E-state index in [1.165, 1.54) is 11.9 Å². The lowest BCUT2D eigenvalue weighted by molar-refractivity contribution is -0.128. The minimum atomic E-state index is -3.76. The van der Waals surface area contributed by atoms with Crippen molar-refractivity contribution >= 4 is 21.6 Å². The van der Waals surface area contributed by atoms with Gasteiger partial charge in [0.15, 0.2) is 0 Å². The summed E-state index contributed by atoms with van der Waals surface area (Å²) in [5.41, 5.74) is 8.40. The largest absolute Gasteiger partial charge is 0.398 e. The van der Waals surface area contributed by atoms with Gasteiger partial charge in [0.05, 0.1) is 11.4 Å². The minimum Gasteiger partial charge on any atom is -0.398 e. The van der Waals surface area contributed by atoms with Crippen molar-refractivity contribution in [3.05, 3.63) is 22.8 Å². The lowest BCUT2D eigenvalue weighted by atomic mass is 10.1. The Morgan fingerprint density at radius 2 is 1.67 bits per heavy atom. The van der Waals surface area contributed by atoms with Crippen LogP contribution in [0.1, 0.15) is 16.7 Å². The van der Waals surface area contributed by atoms with Gasteiger partial charge in [0.25, 0.3) is 0 Å².